The molecule has 0 saturated heterocycles. The molecule has 2 aromatic rings. The average Bonchev–Trinajstić information content (AvgIpc) is 2.55. The van der Waals surface area contributed by atoms with Crippen molar-refractivity contribution in [3.63, 3.8) is 0 Å². The van der Waals surface area contributed by atoms with E-state index in [1.807, 2.05) is 0 Å². The summed E-state index contributed by atoms with van der Waals surface area (Å²) in [7, 11) is 0. The second kappa shape index (κ2) is 4.15. The van der Waals surface area contributed by atoms with E-state index in [1.165, 1.54) is 16.5 Å². The van der Waals surface area contributed by atoms with E-state index >= 15 is 0 Å². The Kier molecular flexibility index (Phi) is 3.04. The van der Waals surface area contributed by atoms with E-state index in [-0.39, 0.29) is 5.41 Å². The van der Waals surface area contributed by atoms with Crippen molar-refractivity contribution in [2.45, 2.75) is 53.5 Å². The summed E-state index contributed by atoms with van der Waals surface area (Å²) in [6.45, 7) is 14.8. The van der Waals surface area contributed by atoms with Crippen molar-refractivity contribution in [2.24, 2.45) is 5.41 Å². The van der Waals surface area contributed by atoms with E-state index in [2.05, 4.69) is 76.6 Å². The van der Waals surface area contributed by atoms with E-state index < -0.39 is 0 Å². The summed E-state index contributed by atoms with van der Waals surface area (Å²) in [5.74, 6) is 0. The number of fused-ring (bicyclic) bond motifs is 1. The van der Waals surface area contributed by atoms with Gasteiger partial charge in [-0.2, -0.15) is 0 Å². The maximum atomic E-state index is 2.41. The predicted molar refractivity (Wildman–Crippen MR) is 80.1 cm³/mol. The van der Waals surface area contributed by atoms with Crippen LogP contribution in [0.4, 0.5) is 0 Å². The Bertz CT molecular complexity index is 547. The van der Waals surface area contributed by atoms with Gasteiger partial charge in [-0.25, -0.2) is 0 Å². The first-order chi connectivity index (χ1) is 8.18. The Balaban J connectivity index is 2.62. The SMILES string of the molecule is CC(C)(C)Cn1cc(C(C)(C)C)c2ccccc21. The lowest BCUT2D eigenvalue weighted by molar-refractivity contribution is 0.348. The standard InChI is InChI=1S/C17H25N/c1-16(2,3)12-18-11-14(17(4,5)6)13-9-7-8-10-15(13)18/h7-11H,12H2,1-6H3. The number of benzene rings is 1. The molecule has 18 heavy (non-hydrogen) atoms. The van der Waals surface area contributed by atoms with Crippen LogP contribution in [0.25, 0.3) is 10.9 Å². The van der Waals surface area contributed by atoms with E-state index in [9.17, 15) is 0 Å². The smallest absolute Gasteiger partial charge is 0.0483 e. The fourth-order valence-corrected chi connectivity index (χ4v) is 2.49. The number of rotatable bonds is 1. The molecule has 0 saturated carbocycles. The topological polar surface area (TPSA) is 4.93 Å². The summed E-state index contributed by atoms with van der Waals surface area (Å²) >= 11 is 0. The van der Waals surface area contributed by atoms with Crippen molar-refractivity contribution in [1.29, 1.82) is 0 Å². The maximum absolute atomic E-state index is 2.41. The molecule has 0 aliphatic carbocycles. The molecule has 0 aliphatic rings. The van der Waals surface area contributed by atoms with E-state index in [1.54, 1.807) is 0 Å². The van der Waals surface area contributed by atoms with E-state index in [0.717, 1.165) is 6.54 Å². The van der Waals surface area contributed by atoms with Crippen molar-refractivity contribution in [2.75, 3.05) is 0 Å². The van der Waals surface area contributed by atoms with Crippen molar-refractivity contribution in [1.82, 2.24) is 4.57 Å². The number of hydrogen-bond donors (Lipinski definition) is 0. The van der Waals surface area contributed by atoms with Gasteiger partial charge in [-0.1, -0.05) is 59.7 Å². The molecule has 0 spiro atoms. The lowest BCUT2D eigenvalue weighted by Crippen LogP contribution is -2.15. The minimum atomic E-state index is 0.197. The zero-order valence-corrected chi connectivity index (χ0v) is 12.5. The molecule has 0 atom stereocenters. The average molecular weight is 243 g/mol. The summed E-state index contributed by atoms with van der Waals surface area (Å²) in [5.41, 5.74) is 3.30. The summed E-state index contributed by atoms with van der Waals surface area (Å²) in [6, 6.07) is 8.75. The van der Waals surface area contributed by atoms with Gasteiger partial charge in [0.15, 0.2) is 0 Å². The van der Waals surface area contributed by atoms with Crippen molar-refractivity contribution in [3.05, 3.63) is 36.0 Å². The first kappa shape index (κ1) is 13.2. The second-order valence-electron chi connectivity index (χ2n) is 7.50. The van der Waals surface area contributed by atoms with Gasteiger partial charge in [0, 0.05) is 23.6 Å². The van der Waals surface area contributed by atoms with Crippen molar-refractivity contribution < 1.29 is 0 Å². The van der Waals surface area contributed by atoms with Crippen LogP contribution in [0.15, 0.2) is 30.5 Å². The zero-order valence-electron chi connectivity index (χ0n) is 12.5. The first-order valence-electron chi connectivity index (χ1n) is 6.77. The van der Waals surface area contributed by atoms with Gasteiger partial charge in [0.25, 0.3) is 0 Å². The Morgan fingerprint density at radius 1 is 0.944 bits per heavy atom. The van der Waals surface area contributed by atoms with Crippen LogP contribution in [0.5, 0.6) is 0 Å². The van der Waals surface area contributed by atoms with Crippen LogP contribution < -0.4 is 0 Å². The van der Waals surface area contributed by atoms with Crippen LogP contribution in [0.1, 0.15) is 47.1 Å². The predicted octanol–water partition coefficient (Wildman–Crippen LogP) is 4.98. The quantitative estimate of drug-likeness (QED) is 0.665. The van der Waals surface area contributed by atoms with Gasteiger partial charge < -0.3 is 4.57 Å². The molecular weight excluding hydrogens is 218 g/mol. The highest BCUT2D eigenvalue weighted by Gasteiger charge is 2.21. The molecule has 2 rings (SSSR count). The Morgan fingerprint density at radius 3 is 2.11 bits per heavy atom. The molecule has 0 bridgehead atoms. The molecule has 1 aromatic carbocycles. The molecule has 1 heteroatoms. The van der Waals surface area contributed by atoms with Gasteiger partial charge >= 0.3 is 0 Å². The Labute approximate surface area is 111 Å². The number of aromatic nitrogens is 1. The number of nitrogens with zero attached hydrogens (tertiary/aromatic N) is 1. The summed E-state index contributed by atoms with van der Waals surface area (Å²) < 4.78 is 2.41. The van der Waals surface area contributed by atoms with Gasteiger partial charge in [-0.05, 0) is 22.5 Å². The lowest BCUT2D eigenvalue weighted by Gasteiger charge is -2.20. The Hall–Kier alpha value is -1.24. The molecule has 0 amide bonds. The summed E-state index contributed by atoms with van der Waals surface area (Å²) in [5, 5.41) is 1.40. The highest BCUT2D eigenvalue weighted by atomic mass is 15.0. The summed E-state index contributed by atoms with van der Waals surface area (Å²) in [4.78, 5) is 0. The molecule has 1 nitrogen and oxygen atoms in total. The highest BCUT2D eigenvalue weighted by Crippen LogP contribution is 2.33. The fourth-order valence-electron chi connectivity index (χ4n) is 2.49. The molecule has 98 valence electrons. The lowest BCUT2D eigenvalue weighted by atomic mass is 9.87. The molecule has 0 N–H and O–H groups in total. The minimum Gasteiger partial charge on any atom is -0.347 e. The second-order valence-corrected chi connectivity index (χ2v) is 7.50. The van der Waals surface area contributed by atoms with Crippen molar-refractivity contribution >= 4 is 10.9 Å². The molecule has 0 aliphatic heterocycles. The normalized spacial score (nSPS) is 13.2. The third-order valence-electron chi connectivity index (χ3n) is 3.24. The molecule has 0 unspecified atom stereocenters. The van der Waals surface area contributed by atoms with Crippen LogP contribution in [0.3, 0.4) is 0 Å². The van der Waals surface area contributed by atoms with Gasteiger partial charge in [-0.3, -0.25) is 0 Å². The maximum Gasteiger partial charge on any atom is 0.0483 e. The molecule has 0 fully saturated rings. The van der Waals surface area contributed by atoms with Crippen LogP contribution in [0, 0.1) is 5.41 Å². The number of hydrogen-bond acceptors (Lipinski definition) is 0. The largest absolute Gasteiger partial charge is 0.347 e. The molecular formula is C17H25N. The third-order valence-corrected chi connectivity index (χ3v) is 3.24. The van der Waals surface area contributed by atoms with Gasteiger partial charge in [0.1, 0.15) is 0 Å². The van der Waals surface area contributed by atoms with E-state index in [4.69, 9.17) is 0 Å². The molecule has 0 radical (unpaired) electrons. The minimum absolute atomic E-state index is 0.197. The zero-order chi connectivity index (χ0) is 13.6. The fraction of sp³-hybridized carbons (Fsp3) is 0.529. The first-order valence-corrected chi connectivity index (χ1v) is 6.77. The third kappa shape index (κ3) is 2.60. The Morgan fingerprint density at radius 2 is 1.56 bits per heavy atom. The van der Waals surface area contributed by atoms with Gasteiger partial charge in [-0.15, -0.1) is 0 Å². The van der Waals surface area contributed by atoms with Gasteiger partial charge in [0.05, 0.1) is 0 Å². The van der Waals surface area contributed by atoms with Gasteiger partial charge in [0.2, 0.25) is 0 Å². The van der Waals surface area contributed by atoms with Crippen LogP contribution in [-0.4, -0.2) is 4.57 Å². The van der Waals surface area contributed by atoms with Crippen molar-refractivity contribution in [3.8, 4) is 0 Å². The highest BCUT2D eigenvalue weighted by molar-refractivity contribution is 5.85. The monoisotopic (exact) mass is 243 g/mol. The van der Waals surface area contributed by atoms with Crippen LogP contribution >= 0.6 is 0 Å². The number of para-hydroxylation sites is 1. The van der Waals surface area contributed by atoms with Crippen LogP contribution in [0.2, 0.25) is 0 Å². The van der Waals surface area contributed by atoms with Crippen LogP contribution in [-0.2, 0) is 12.0 Å². The molecule has 1 aromatic heterocycles. The molecule has 1 heterocycles. The van der Waals surface area contributed by atoms with E-state index in [0.29, 0.717) is 5.41 Å². The summed E-state index contributed by atoms with van der Waals surface area (Å²) in [6.07, 6.45) is 2.34.